The molecule has 3 aromatic rings. The molecule has 2 aromatic heterocycles. The zero-order valence-electron chi connectivity index (χ0n) is 17.6. The van der Waals surface area contributed by atoms with E-state index >= 15 is 0 Å². The molecule has 1 aliphatic heterocycles. The van der Waals surface area contributed by atoms with Crippen molar-refractivity contribution in [2.75, 3.05) is 23.3 Å². The second-order valence-corrected chi connectivity index (χ2v) is 9.63. The normalized spacial score (nSPS) is 15.4. The van der Waals surface area contributed by atoms with E-state index in [1.54, 1.807) is 6.07 Å². The molecule has 0 saturated carbocycles. The summed E-state index contributed by atoms with van der Waals surface area (Å²) in [6, 6.07) is 13.5. The van der Waals surface area contributed by atoms with Crippen LogP contribution in [0.15, 0.2) is 53.5 Å². The van der Waals surface area contributed by atoms with Crippen molar-refractivity contribution in [2.24, 2.45) is 0 Å². The Hall–Kier alpha value is -2.67. The van der Waals surface area contributed by atoms with Gasteiger partial charge in [-0.3, -0.25) is 8.75 Å². The lowest BCUT2D eigenvalue weighted by Crippen LogP contribution is -2.40. The lowest BCUT2D eigenvalue weighted by atomic mass is 10.0. The molecule has 0 aliphatic carbocycles. The first-order valence-electron chi connectivity index (χ1n) is 10.3. The maximum absolute atomic E-state index is 13.3. The van der Waals surface area contributed by atoms with Crippen LogP contribution >= 0.6 is 11.5 Å². The number of halogens is 1. The lowest BCUT2D eigenvalue weighted by Gasteiger charge is -2.33. The summed E-state index contributed by atoms with van der Waals surface area (Å²) < 4.78 is 15.0. The van der Waals surface area contributed by atoms with Gasteiger partial charge in [-0.1, -0.05) is 41.9 Å². The van der Waals surface area contributed by atoms with Crippen LogP contribution in [0.5, 0.6) is 0 Å². The first-order chi connectivity index (χ1) is 14.3. The van der Waals surface area contributed by atoms with E-state index < -0.39 is 0 Å². The van der Waals surface area contributed by atoms with E-state index in [4.69, 9.17) is 0 Å². The van der Waals surface area contributed by atoms with Crippen LogP contribution in [-0.2, 0) is 5.54 Å². The highest BCUT2D eigenvalue weighted by Gasteiger charge is 2.27. The van der Waals surface area contributed by atoms with Crippen LogP contribution in [0.2, 0.25) is 0 Å². The van der Waals surface area contributed by atoms with Crippen LogP contribution in [0, 0.1) is 5.82 Å². The van der Waals surface area contributed by atoms with E-state index in [1.165, 1.54) is 23.8 Å². The Morgan fingerprint density at radius 3 is 2.40 bits per heavy atom. The number of nitrogens with one attached hydrogen (secondary N) is 1. The maximum Gasteiger partial charge on any atom is 0.285 e. The van der Waals surface area contributed by atoms with Crippen molar-refractivity contribution in [3.63, 3.8) is 0 Å². The molecule has 0 spiro atoms. The Balaban J connectivity index is 1.55. The smallest absolute Gasteiger partial charge is 0.285 e. The van der Waals surface area contributed by atoms with E-state index in [1.807, 2.05) is 34.3 Å². The minimum atomic E-state index is -0.323. The average molecular weight is 427 g/mol. The Bertz CT molecular complexity index is 1050. The molecule has 1 saturated heterocycles. The summed E-state index contributed by atoms with van der Waals surface area (Å²) >= 11 is 1.52. The fraction of sp³-hybridized carbons (Fsp3) is 0.391. The molecule has 0 amide bonds. The number of piperidine rings is 1. The van der Waals surface area contributed by atoms with Crippen molar-refractivity contribution >= 4 is 23.0 Å². The van der Waals surface area contributed by atoms with Gasteiger partial charge in [0.05, 0.1) is 16.6 Å². The van der Waals surface area contributed by atoms with Gasteiger partial charge in [-0.15, -0.1) is 0 Å². The predicted octanol–water partition coefficient (Wildman–Crippen LogP) is 4.95. The summed E-state index contributed by atoms with van der Waals surface area (Å²) in [5, 5.41) is 3.56. The lowest BCUT2D eigenvalue weighted by molar-refractivity contribution is 0.419. The fourth-order valence-corrected chi connectivity index (χ4v) is 4.85. The van der Waals surface area contributed by atoms with Crippen molar-refractivity contribution in [3.8, 4) is 10.4 Å². The number of aromatic nitrogens is 2. The molecule has 1 N–H and O–H groups in total. The van der Waals surface area contributed by atoms with E-state index in [2.05, 4.69) is 36.0 Å². The van der Waals surface area contributed by atoms with Crippen LogP contribution in [0.3, 0.4) is 0 Å². The van der Waals surface area contributed by atoms with Crippen LogP contribution in [-0.4, -0.2) is 28.1 Å². The zero-order valence-corrected chi connectivity index (χ0v) is 18.4. The van der Waals surface area contributed by atoms with Crippen molar-refractivity contribution in [2.45, 2.75) is 45.2 Å². The third-order valence-corrected chi connectivity index (χ3v) is 6.85. The third-order valence-electron chi connectivity index (χ3n) is 5.33. The molecule has 0 atom stereocenters. The fourth-order valence-electron chi connectivity index (χ4n) is 3.74. The molecule has 30 heavy (non-hydrogen) atoms. The number of hydrogen-bond donors (Lipinski definition) is 1. The number of nitrogens with zero attached hydrogens (tertiary/aromatic N) is 3. The van der Waals surface area contributed by atoms with Crippen LogP contribution in [0.1, 0.15) is 33.6 Å². The largest absolute Gasteiger partial charge is 0.376 e. The molecule has 5 nitrogen and oxygen atoms in total. The third kappa shape index (κ3) is 4.26. The van der Waals surface area contributed by atoms with E-state index in [-0.39, 0.29) is 23.0 Å². The van der Waals surface area contributed by atoms with Gasteiger partial charge in [0.15, 0.2) is 0 Å². The second-order valence-electron chi connectivity index (χ2n) is 8.67. The topological polar surface area (TPSA) is 50.2 Å². The van der Waals surface area contributed by atoms with E-state index in [0.29, 0.717) is 5.69 Å². The summed E-state index contributed by atoms with van der Waals surface area (Å²) in [5.41, 5.74) is 1.51. The predicted molar refractivity (Wildman–Crippen MR) is 122 cm³/mol. The van der Waals surface area contributed by atoms with Crippen molar-refractivity contribution in [1.29, 1.82) is 0 Å². The van der Waals surface area contributed by atoms with Crippen LogP contribution < -0.4 is 15.8 Å². The van der Waals surface area contributed by atoms with E-state index in [9.17, 15) is 9.18 Å². The van der Waals surface area contributed by atoms with E-state index in [0.717, 1.165) is 42.2 Å². The van der Waals surface area contributed by atoms with Crippen molar-refractivity contribution in [1.82, 2.24) is 8.94 Å². The van der Waals surface area contributed by atoms with Gasteiger partial charge in [0, 0.05) is 19.1 Å². The molecular weight excluding hydrogens is 399 g/mol. The Kier molecular flexibility index (Phi) is 5.64. The Labute approximate surface area is 180 Å². The number of anilines is 2. The molecule has 0 unspecified atom stereocenters. The highest BCUT2D eigenvalue weighted by Crippen LogP contribution is 2.34. The van der Waals surface area contributed by atoms with Gasteiger partial charge in [-0.25, -0.2) is 9.37 Å². The summed E-state index contributed by atoms with van der Waals surface area (Å²) in [7, 11) is 0. The van der Waals surface area contributed by atoms with Gasteiger partial charge in [-0.05, 0) is 51.3 Å². The molecule has 1 fully saturated rings. The molecule has 4 rings (SSSR count). The van der Waals surface area contributed by atoms with Gasteiger partial charge >= 0.3 is 0 Å². The molecule has 7 heteroatoms. The summed E-state index contributed by atoms with van der Waals surface area (Å²) in [4.78, 5) is 20.6. The number of pyridine rings is 1. The Morgan fingerprint density at radius 2 is 1.80 bits per heavy atom. The van der Waals surface area contributed by atoms with Crippen molar-refractivity contribution < 1.29 is 4.39 Å². The minimum absolute atomic E-state index is 0.0361. The summed E-state index contributed by atoms with van der Waals surface area (Å²) in [6.45, 7) is 7.79. The Morgan fingerprint density at radius 1 is 1.10 bits per heavy atom. The number of benzene rings is 1. The van der Waals surface area contributed by atoms with Gasteiger partial charge in [0.2, 0.25) is 0 Å². The first-order valence-corrected chi connectivity index (χ1v) is 11.1. The molecule has 0 radical (unpaired) electrons. The van der Waals surface area contributed by atoms with Crippen LogP contribution in [0.4, 0.5) is 15.9 Å². The van der Waals surface area contributed by atoms with Gasteiger partial charge in [0.25, 0.3) is 5.56 Å². The quantitative estimate of drug-likeness (QED) is 0.642. The van der Waals surface area contributed by atoms with Crippen LogP contribution in [0.25, 0.3) is 10.4 Å². The molecule has 0 bridgehead atoms. The van der Waals surface area contributed by atoms with Gasteiger partial charge in [-0.2, -0.15) is 0 Å². The molecule has 1 aliphatic rings. The SMILES string of the molecule is CC(C)(C)n1sc(-c2ccccc2)c(NC2CCN(c3ccc(F)cn3)CC2)c1=O. The standard InChI is InChI=1S/C23H27FN4OS/c1-23(2,3)28-22(29)20(21(30-28)16-7-5-4-6-8-16)26-18-11-13-27(14-12-18)19-10-9-17(24)15-25-19/h4-10,15,18,26H,11-14H2,1-3H3. The molecule has 3 heterocycles. The highest BCUT2D eigenvalue weighted by molar-refractivity contribution is 7.11. The molecule has 158 valence electrons. The minimum Gasteiger partial charge on any atom is -0.376 e. The second kappa shape index (κ2) is 8.22. The first kappa shape index (κ1) is 20.6. The highest BCUT2D eigenvalue weighted by atomic mass is 32.1. The number of rotatable bonds is 4. The molecular formula is C23H27FN4OS. The summed E-state index contributed by atoms with van der Waals surface area (Å²) in [6.07, 6.45) is 3.03. The van der Waals surface area contributed by atoms with Crippen molar-refractivity contribution in [3.05, 3.63) is 64.8 Å². The summed E-state index contributed by atoms with van der Waals surface area (Å²) in [5.74, 6) is 0.474. The molecule has 1 aromatic carbocycles. The van der Waals surface area contributed by atoms with Gasteiger partial charge in [0.1, 0.15) is 17.3 Å². The zero-order chi connectivity index (χ0) is 21.3. The monoisotopic (exact) mass is 426 g/mol. The number of hydrogen-bond acceptors (Lipinski definition) is 5. The average Bonchev–Trinajstić information content (AvgIpc) is 3.06. The van der Waals surface area contributed by atoms with Gasteiger partial charge < -0.3 is 10.2 Å². The maximum atomic E-state index is 13.3.